The smallest absolute Gasteiger partial charge is 0.142 e. The second-order valence-electron chi connectivity index (χ2n) is 6.92. The fraction of sp³-hybridized carbons (Fsp3) is 0.647. The van der Waals surface area contributed by atoms with Crippen LogP contribution in [0.25, 0.3) is 0 Å². The van der Waals surface area contributed by atoms with E-state index >= 15 is 0 Å². The molecule has 3 heteroatoms. The Morgan fingerprint density at radius 1 is 1.35 bits per heavy atom. The fourth-order valence-electron chi connectivity index (χ4n) is 3.50. The Labute approximate surface area is 135 Å². The average molecular weight is 362 g/mol. The van der Waals surface area contributed by atoms with E-state index in [1.807, 2.05) is 6.07 Å². The maximum atomic E-state index is 13.6. The molecule has 2 rings (SSSR count). The number of alkyl halides is 1. The van der Waals surface area contributed by atoms with Crippen LogP contribution in [0.3, 0.4) is 0 Å². The monoisotopic (exact) mass is 360 g/mol. The van der Waals surface area contributed by atoms with Crippen LogP contribution in [0.1, 0.15) is 45.6 Å². The van der Waals surface area contributed by atoms with Crippen molar-refractivity contribution in [3.8, 4) is 0 Å². The Morgan fingerprint density at radius 3 is 2.70 bits per heavy atom. The van der Waals surface area contributed by atoms with Crippen LogP contribution < -0.4 is 0 Å². The van der Waals surface area contributed by atoms with Gasteiger partial charge in [0.2, 0.25) is 0 Å². The molecule has 20 heavy (non-hydrogen) atoms. The molecule has 0 heterocycles. The first-order valence-electron chi connectivity index (χ1n) is 7.38. The first-order chi connectivity index (χ1) is 9.31. The van der Waals surface area contributed by atoms with Gasteiger partial charge in [0.05, 0.1) is 5.02 Å². The van der Waals surface area contributed by atoms with E-state index in [1.165, 1.54) is 25.3 Å². The van der Waals surface area contributed by atoms with E-state index < -0.39 is 0 Å². The predicted molar refractivity (Wildman–Crippen MR) is 88.1 cm³/mol. The van der Waals surface area contributed by atoms with Crippen LogP contribution in [-0.4, -0.2) is 4.83 Å². The average Bonchev–Trinajstić information content (AvgIpc) is 2.34. The Hall–Kier alpha value is -0.0800. The summed E-state index contributed by atoms with van der Waals surface area (Å²) >= 11 is 9.98. The van der Waals surface area contributed by atoms with Crippen molar-refractivity contribution in [3.63, 3.8) is 0 Å². The maximum Gasteiger partial charge on any atom is 0.142 e. The summed E-state index contributed by atoms with van der Waals surface area (Å²) in [5, 5.41) is 0.288. The Morgan fingerprint density at radius 2 is 2.05 bits per heavy atom. The van der Waals surface area contributed by atoms with Crippen molar-refractivity contribution < 1.29 is 4.39 Å². The van der Waals surface area contributed by atoms with Crippen LogP contribution in [-0.2, 0) is 6.42 Å². The van der Waals surface area contributed by atoms with Gasteiger partial charge in [-0.05, 0) is 48.1 Å². The summed E-state index contributed by atoms with van der Waals surface area (Å²) in [5.41, 5.74) is 1.04. The van der Waals surface area contributed by atoms with Crippen LogP contribution in [0.4, 0.5) is 4.39 Å². The number of hydrogen-bond acceptors (Lipinski definition) is 0. The molecule has 1 aromatic rings. The van der Waals surface area contributed by atoms with E-state index in [4.69, 9.17) is 11.6 Å². The summed E-state index contributed by atoms with van der Waals surface area (Å²) in [6.07, 6.45) is 4.57. The highest BCUT2D eigenvalue weighted by Crippen LogP contribution is 2.45. The van der Waals surface area contributed by atoms with Crippen molar-refractivity contribution >= 4 is 27.5 Å². The van der Waals surface area contributed by atoms with Gasteiger partial charge in [0.1, 0.15) is 5.82 Å². The molecule has 1 saturated carbocycles. The molecule has 1 fully saturated rings. The molecule has 3 atom stereocenters. The summed E-state index contributed by atoms with van der Waals surface area (Å²) in [6.45, 7) is 6.88. The second kappa shape index (κ2) is 6.36. The summed E-state index contributed by atoms with van der Waals surface area (Å²) in [6, 6.07) is 5.12. The molecule has 112 valence electrons. The molecule has 0 N–H and O–H groups in total. The molecule has 0 saturated heterocycles. The molecule has 3 unspecified atom stereocenters. The van der Waals surface area contributed by atoms with E-state index in [2.05, 4.69) is 36.7 Å². The highest BCUT2D eigenvalue weighted by atomic mass is 79.9. The van der Waals surface area contributed by atoms with Crippen LogP contribution in [0.5, 0.6) is 0 Å². The first kappa shape index (κ1) is 16.3. The number of hydrogen-bond donors (Lipinski definition) is 0. The molecule has 0 nitrogen and oxygen atoms in total. The number of benzene rings is 1. The molecular formula is C17H23BrClF. The third-order valence-corrected chi connectivity index (χ3v) is 6.15. The molecule has 0 aliphatic heterocycles. The SMILES string of the molecule is CC1CCC(C(C)(C)Cc2cccc(F)c2Cl)C(Br)C1. The third kappa shape index (κ3) is 3.57. The van der Waals surface area contributed by atoms with Crippen LogP contribution in [0, 0.1) is 23.1 Å². The molecule has 1 aliphatic carbocycles. The number of rotatable bonds is 3. The van der Waals surface area contributed by atoms with Gasteiger partial charge in [-0.1, -0.05) is 66.9 Å². The summed E-state index contributed by atoms with van der Waals surface area (Å²) < 4.78 is 13.6. The lowest BCUT2D eigenvalue weighted by molar-refractivity contribution is 0.147. The predicted octanol–water partition coefficient (Wildman–Crippen LogP) is 6.25. The van der Waals surface area contributed by atoms with Crippen molar-refractivity contribution in [2.45, 2.75) is 51.3 Å². The molecule has 0 amide bonds. The van der Waals surface area contributed by atoms with Crippen molar-refractivity contribution in [1.82, 2.24) is 0 Å². The van der Waals surface area contributed by atoms with Gasteiger partial charge >= 0.3 is 0 Å². The minimum Gasteiger partial charge on any atom is -0.205 e. The summed E-state index contributed by atoms with van der Waals surface area (Å²) in [4.78, 5) is 0.550. The molecule has 0 radical (unpaired) electrons. The Bertz CT molecular complexity index is 472. The molecular weight excluding hydrogens is 339 g/mol. The minimum atomic E-state index is -0.312. The Balaban J connectivity index is 2.16. The van der Waals surface area contributed by atoms with Gasteiger partial charge in [0.15, 0.2) is 0 Å². The van der Waals surface area contributed by atoms with Crippen molar-refractivity contribution in [1.29, 1.82) is 0 Å². The van der Waals surface area contributed by atoms with Gasteiger partial charge in [-0.2, -0.15) is 0 Å². The second-order valence-corrected chi connectivity index (χ2v) is 8.47. The lowest BCUT2D eigenvalue weighted by Crippen LogP contribution is -2.37. The van der Waals surface area contributed by atoms with Crippen LogP contribution in [0.15, 0.2) is 18.2 Å². The van der Waals surface area contributed by atoms with Crippen LogP contribution in [0.2, 0.25) is 5.02 Å². The molecule has 0 spiro atoms. The third-order valence-electron chi connectivity index (χ3n) is 4.72. The van der Waals surface area contributed by atoms with E-state index in [1.54, 1.807) is 6.07 Å². The quantitative estimate of drug-likeness (QED) is 0.558. The van der Waals surface area contributed by atoms with E-state index in [9.17, 15) is 4.39 Å². The van der Waals surface area contributed by atoms with Gasteiger partial charge in [0, 0.05) is 4.83 Å². The molecule has 1 aromatic carbocycles. The summed E-state index contributed by atoms with van der Waals surface area (Å²) in [5.74, 6) is 1.09. The van der Waals surface area contributed by atoms with E-state index in [0.717, 1.165) is 17.9 Å². The number of halogens is 3. The van der Waals surface area contributed by atoms with Gasteiger partial charge in [-0.25, -0.2) is 4.39 Å². The Kier molecular flexibility index (Phi) is 5.18. The highest BCUT2D eigenvalue weighted by Gasteiger charge is 2.38. The molecule has 0 bridgehead atoms. The zero-order valence-electron chi connectivity index (χ0n) is 12.4. The normalized spacial score (nSPS) is 27.6. The van der Waals surface area contributed by atoms with Gasteiger partial charge in [0.25, 0.3) is 0 Å². The van der Waals surface area contributed by atoms with Crippen molar-refractivity contribution in [2.75, 3.05) is 0 Å². The molecule has 0 aromatic heterocycles. The topological polar surface area (TPSA) is 0 Å². The van der Waals surface area contributed by atoms with Gasteiger partial charge in [-0.15, -0.1) is 0 Å². The minimum absolute atomic E-state index is 0.117. The highest BCUT2D eigenvalue weighted by molar-refractivity contribution is 9.09. The zero-order valence-corrected chi connectivity index (χ0v) is 14.8. The zero-order chi connectivity index (χ0) is 14.9. The maximum absolute atomic E-state index is 13.6. The van der Waals surface area contributed by atoms with Crippen molar-refractivity contribution in [3.05, 3.63) is 34.6 Å². The lowest BCUT2D eigenvalue weighted by Gasteiger charge is -2.42. The van der Waals surface area contributed by atoms with Gasteiger partial charge < -0.3 is 0 Å². The van der Waals surface area contributed by atoms with E-state index in [0.29, 0.717) is 10.7 Å². The first-order valence-corrected chi connectivity index (χ1v) is 8.67. The standard InChI is InChI=1S/C17H23BrClF/c1-11-7-8-13(14(18)9-11)17(2,3)10-12-5-4-6-15(20)16(12)19/h4-6,11,13-14H,7-10H2,1-3H3. The van der Waals surface area contributed by atoms with Gasteiger partial charge in [-0.3, -0.25) is 0 Å². The fourth-order valence-corrected chi connectivity index (χ4v) is 5.31. The lowest BCUT2D eigenvalue weighted by atomic mass is 9.66. The van der Waals surface area contributed by atoms with Crippen molar-refractivity contribution in [2.24, 2.45) is 17.3 Å². The van der Waals surface area contributed by atoms with Crippen LogP contribution >= 0.6 is 27.5 Å². The summed E-state index contributed by atoms with van der Waals surface area (Å²) in [7, 11) is 0. The molecule has 1 aliphatic rings. The van der Waals surface area contributed by atoms with E-state index in [-0.39, 0.29) is 16.3 Å². The largest absolute Gasteiger partial charge is 0.205 e.